The minimum atomic E-state index is -0.537. The van der Waals surface area contributed by atoms with Gasteiger partial charge in [-0.3, -0.25) is 4.79 Å². The van der Waals surface area contributed by atoms with E-state index in [1.165, 1.54) is 36.5 Å². The number of methoxy groups -OCH3 is 1. The van der Waals surface area contributed by atoms with Crippen LogP contribution < -0.4 is 15.8 Å². The van der Waals surface area contributed by atoms with Gasteiger partial charge in [0.05, 0.1) is 24.2 Å². The van der Waals surface area contributed by atoms with Gasteiger partial charge in [-0.1, -0.05) is 0 Å². The Balaban J connectivity index is 2.21. The van der Waals surface area contributed by atoms with Gasteiger partial charge in [-0.25, -0.2) is 19.3 Å². The van der Waals surface area contributed by atoms with Crippen molar-refractivity contribution in [2.75, 3.05) is 32.3 Å². The number of carbonyl (C=O) groups excluding carboxylic acids is 1. The zero-order valence-electron chi connectivity index (χ0n) is 16.9. The van der Waals surface area contributed by atoms with Crippen LogP contribution in [0.5, 0.6) is 5.75 Å². The Labute approximate surface area is 172 Å². The molecule has 0 saturated heterocycles. The number of carbonyl (C=O) groups is 1. The molecular weight excluding hydrogens is 389 g/mol. The molecule has 154 valence electrons. The minimum Gasteiger partial charge on any atom is -0.494 e. The van der Waals surface area contributed by atoms with Crippen LogP contribution in [0.3, 0.4) is 0 Å². The lowest BCUT2D eigenvalue weighted by molar-refractivity contribution is 0.0826. The Morgan fingerprint density at radius 1 is 1.37 bits per heavy atom. The number of benzene rings is 1. The average molecular weight is 409 g/mol. The Hall–Kier alpha value is -4.00. The first-order valence-electron chi connectivity index (χ1n) is 8.94. The van der Waals surface area contributed by atoms with E-state index in [-0.39, 0.29) is 34.4 Å². The predicted octanol–water partition coefficient (Wildman–Crippen LogP) is 2.50. The molecule has 2 heterocycles. The molecule has 1 aromatic carbocycles. The molecule has 3 N–H and O–H groups in total. The van der Waals surface area contributed by atoms with E-state index in [4.69, 9.17) is 10.5 Å². The molecule has 2 aromatic heterocycles. The summed E-state index contributed by atoms with van der Waals surface area (Å²) in [5.41, 5.74) is 6.85. The molecule has 0 saturated carbocycles. The molecule has 0 radical (unpaired) electrons. The number of rotatable bonds is 5. The number of hydrogen-bond acceptors (Lipinski definition) is 8. The molecule has 10 heteroatoms. The molecule has 9 nitrogen and oxygen atoms in total. The zero-order chi connectivity index (χ0) is 22.0. The van der Waals surface area contributed by atoms with Gasteiger partial charge in [0.25, 0.3) is 5.91 Å². The summed E-state index contributed by atoms with van der Waals surface area (Å²) in [4.78, 5) is 26.8. The van der Waals surface area contributed by atoms with Gasteiger partial charge in [-0.2, -0.15) is 5.26 Å². The number of aromatic nitrogens is 3. The van der Waals surface area contributed by atoms with Crippen LogP contribution in [0.2, 0.25) is 0 Å². The fourth-order valence-corrected chi connectivity index (χ4v) is 3.07. The largest absolute Gasteiger partial charge is 0.494 e. The lowest BCUT2D eigenvalue weighted by atomic mass is 10.0. The van der Waals surface area contributed by atoms with Gasteiger partial charge in [0, 0.05) is 19.5 Å². The smallest absolute Gasteiger partial charge is 0.257 e. The van der Waals surface area contributed by atoms with E-state index in [0.29, 0.717) is 16.6 Å². The average Bonchev–Trinajstić information content (AvgIpc) is 2.71. The molecule has 0 fully saturated rings. The number of nitrogen functional groups attached to an aromatic ring is 1. The number of amides is 1. The van der Waals surface area contributed by atoms with Crippen LogP contribution in [0, 0.1) is 17.1 Å². The Bertz CT molecular complexity index is 1170. The number of halogens is 1. The second kappa shape index (κ2) is 8.16. The molecule has 0 aliphatic rings. The first-order chi connectivity index (χ1) is 14.3. The zero-order valence-corrected chi connectivity index (χ0v) is 16.9. The summed E-state index contributed by atoms with van der Waals surface area (Å²) in [7, 11) is 4.60. The second-order valence-corrected chi connectivity index (χ2v) is 6.73. The summed E-state index contributed by atoms with van der Waals surface area (Å²) >= 11 is 0. The quantitative estimate of drug-likeness (QED) is 0.657. The summed E-state index contributed by atoms with van der Waals surface area (Å²) in [6.07, 6.45) is 1.24. The Kier molecular flexibility index (Phi) is 5.64. The van der Waals surface area contributed by atoms with E-state index in [1.807, 2.05) is 6.07 Å². The van der Waals surface area contributed by atoms with Crippen molar-refractivity contribution in [2.45, 2.75) is 13.0 Å². The van der Waals surface area contributed by atoms with E-state index in [0.717, 1.165) is 0 Å². The summed E-state index contributed by atoms with van der Waals surface area (Å²) in [6.45, 7) is 1.77. The number of nitrogens with one attached hydrogen (secondary N) is 1. The molecule has 30 heavy (non-hydrogen) atoms. The summed E-state index contributed by atoms with van der Waals surface area (Å²) in [5, 5.41) is 12.8. The number of nitrogens with zero attached hydrogens (tertiary/aromatic N) is 5. The third kappa shape index (κ3) is 3.65. The van der Waals surface area contributed by atoms with Crippen molar-refractivity contribution >= 4 is 28.4 Å². The summed E-state index contributed by atoms with van der Waals surface area (Å²) in [5.74, 6) is -0.386. The lowest BCUT2D eigenvalue weighted by Crippen LogP contribution is -2.24. The van der Waals surface area contributed by atoms with Crippen molar-refractivity contribution in [1.82, 2.24) is 19.9 Å². The second-order valence-electron chi connectivity index (χ2n) is 6.73. The third-order valence-corrected chi connectivity index (χ3v) is 4.50. The van der Waals surface area contributed by atoms with Crippen molar-refractivity contribution in [2.24, 2.45) is 0 Å². The molecule has 0 bridgehead atoms. The van der Waals surface area contributed by atoms with Crippen molar-refractivity contribution in [3.63, 3.8) is 0 Å². The molecule has 0 spiro atoms. The van der Waals surface area contributed by atoms with Crippen molar-refractivity contribution in [1.29, 1.82) is 5.26 Å². The van der Waals surface area contributed by atoms with E-state index < -0.39 is 11.9 Å². The SMILES string of the molecule is COc1c(C(C)Nc2ncnc(N)c2C#N)nc2ccc(F)cc2c1C(=O)N(C)C. The monoisotopic (exact) mass is 409 g/mol. The molecule has 0 aliphatic carbocycles. The highest BCUT2D eigenvalue weighted by Crippen LogP contribution is 2.35. The standard InChI is InChI=1S/C20H20FN7O2/c1-10(26-19-13(8-22)18(23)24-9-25-19)16-17(30-4)15(20(29)28(2)3)12-7-11(21)5-6-14(12)27-16/h5-7,9-10H,1-4H3,(H3,23,24,25,26). The summed E-state index contributed by atoms with van der Waals surface area (Å²) < 4.78 is 19.5. The number of nitrogens with two attached hydrogens (primary N) is 1. The van der Waals surface area contributed by atoms with Gasteiger partial charge < -0.3 is 20.7 Å². The number of fused-ring (bicyclic) bond motifs is 1. The molecule has 0 aliphatic heterocycles. The van der Waals surface area contributed by atoms with Gasteiger partial charge >= 0.3 is 0 Å². The molecule has 3 aromatic rings. The van der Waals surface area contributed by atoms with Gasteiger partial charge in [-0.05, 0) is 25.1 Å². The Morgan fingerprint density at radius 2 is 2.10 bits per heavy atom. The van der Waals surface area contributed by atoms with Crippen molar-refractivity contribution < 1.29 is 13.9 Å². The molecule has 1 unspecified atom stereocenters. The normalized spacial score (nSPS) is 11.6. The first kappa shape index (κ1) is 20.7. The highest BCUT2D eigenvalue weighted by molar-refractivity contribution is 6.08. The van der Waals surface area contributed by atoms with Crippen LogP contribution in [-0.4, -0.2) is 47.0 Å². The van der Waals surface area contributed by atoms with Crippen LogP contribution in [0.1, 0.15) is 34.6 Å². The Morgan fingerprint density at radius 3 is 2.73 bits per heavy atom. The number of anilines is 2. The van der Waals surface area contributed by atoms with Crippen molar-refractivity contribution in [3.05, 3.63) is 47.2 Å². The fraction of sp³-hybridized carbons (Fsp3) is 0.250. The van der Waals surface area contributed by atoms with Crippen LogP contribution in [0.15, 0.2) is 24.5 Å². The summed E-state index contributed by atoms with van der Waals surface area (Å²) in [6, 6.07) is 5.44. The van der Waals surface area contributed by atoms with Crippen LogP contribution in [0.25, 0.3) is 10.9 Å². The van der Waals surface area contributed by atoms with E-state index in [1.54, 1.807) is 21.0 Å². The maximum atomic E-state index is 13.9. The maximum absolute atomic E-state index is 13.9. The molecular formula is C20H20FN7O2. The van der Waals surface area contributed by atoms with Crippen LogP contribution >= 0.6 is 0 Å². The number of hydrogen-bond donors (Lipinski definition) is 2. The number of pyridine rings is 1. The number of ether oxygens (including phenoxy) is 1. The fourth-order valence-electron chi connectivity index (χ4n) is 3.07. The molecule has 3 rings (SSSR count). The van der Waals surface area contributed by atoms with E-state index in [2.05, 4.69) is 20.3 Å². The topological polar surface area (TPSA) is 130 Å². The van der Waals surface area contributed by atoms with E-state index in [9.17, 15) is 14.4 Å². The highest BCUT2D eigenvalue weighted by atomic mass is 19.1. The molecule has 1 atom stereocenters. The highest BCUT2D eigenvalue weighted by Gasteiger charge is 2.26. The number of nitriles is 1. The molecule has 1 amide bonds. The first-order valence-corrected chi connectivity index (χ1v) is 8.94. The van der Waals surface area contributed by atoms with Gasteiger partial charge in [-0.15, -0.1) is 0 Å². The third-order valence-electron chi connectivity index (χ3n) is 4.50. The van der Waals surface area contributed by atoms with E-state index >= 15 is 0 Å². The van der Waals surface area contributed by atoms with Gasteiger partial charge in [0.15, 0.2) is 5.75 Å². The van der Waals surface area contributed by atoms with Gasteiger partial charge in [0.1, 0.15) is 41.1 Å². The van der Waals surface area contributed by atoms with Crippen molar-refractivity contribution in [3.8, 4) is 11.8 Å². The van der Waals surface area contributed by atoms with Gasteiger partial charge in [0.2, 0.25) is 0 Å². The maximum Gasteiger partial charge on any atom is 0.257 e. The predicted molar refractivity (Wildman–Crippen MR) is 109 cm³/mol. The lowest BCUT2D eigenvalue weighted by Gasteiger charge is -2.22. The minimum absolute atomic E-state index is 0.0413. The van der Waals surface area contributed by atoms with Crippen LogP contribution in [0.4, 0.5) is 16.0 Å². The van der Waals surface area contributed by atoms with Crippen LogP contribution in [-0.2, 0) is 0 Å².